The van der Waals surface area contributed by atoms with Crippen LogP contribution in [-0.2, 0) is 13.0 Å². The first-order chi connectivity index (χ1) is 14.2. The van der Waals surface area contributed by atoms with Crippen LogP contribution in [0.25, 0.3) is 0 Å². The summed E-state index contributed by atoms with van der Waals surface area (Å²) in [5.41, 5.74) is 2.25. The van der Waals surface area contributed by atoms with Gasteiger partial charge in [0.15, 0.2) is 17.5 Å². The van der Waals surface area contributed by atoms with Crippen molar-refractivity contribution < 1.29 is 19.3 Å². The molecule has 1 atom stereocenters. The Morgan fingerprint density at radius 2 is 2.07 bits per heavy atom. The molecule has 0 aliphatic carbocycles. The zero-order chi connectivity index (χ0) is 20.5. The molecule has 2 aromatic rings. The van der Waals surface area contributed by atoms with E-state index in [2.05, 4.69) is 21.7 Å². The summed E-state index contributed by atoms with van der Waals surface area (Å²) < 4.78 is 16.8. The maximum absolute atomic E-state index is 8.92. The number of benzene rings is 2. The van der Waals surface area contributed by atoms with Gasteiger partial charge in [0.1, 0.15) is 18.5 Å². The highest BCUT2D eigenvalue weighted by Gasteiger charge is 2.22. The molecule has 7 heteroatoms. The van der Waals surface area contributed by atoms with Crippen molar-refractivity contribution in [2.24, 2.45) is 4.99 Å². The van der Waals surface area contributed by atoms with Crippen LogP contribution in [0.1, 0.15) is 18.1 Å². The minimum Gasteiger partial charge on any atom is -0.493 e. The summed E-state index contributed by atoms with van der Waals surface area (Å²) in [6, 6.07) is 13.8. The van der Waals surface area contributed by atoms with Crippen LogP contribution >= 0.6 is 0 Å². The van der Waals surface area contributed by atoms with E-state index >= 15 is 0 Å². The third-order valence-corrected chi connectivity index (χ3v) is 4.55. The molecule has 3 N–H and O–H groups in total. The van der Waals surface area contributed by atoms with E-state index in [0.717, 1.165) is 30.2 Å². The van der Waals surface area contributed by atoms with E-state index in [4.69, 9.17) is 19.3 Å². The first-order valence-corrected chi connectivity index (χ1v) is 9.90. The van der Waals surface area contributed by atoms with Crippen LogP contribution in [0.4, 0.5) is 0 Å². The van der Waals surface area contributed by atoms with Crippen LogP contribution in [0.3, 0.4) is 0 Å². The van der Waals surface area contributed by atoms with Crippen LogP contribution in [-0.4, -0.2) is 50.6 Å². The van der Waals surface area contributed by atoms with Crippen molar-refractivity contribution in [1.82, 2.24) is 10.6 Å². The Hall–Kier alpha value is -2.93. The maximum atomic E-state index is 8.92. The molecule has 1 unspecified atom stereocenters. The summed E-state index contributed by atoms with van der Waals surface area (Å²) in [4.78, 5) is 4.66. The van der Waals surface area contributed by atoms with E-state index in [1.807, 2.05) is 43.3 Å². The molecule has 0 aromatic heterocycles. The number of aliphatic hydroxyl groups excluding tert-OH is 1. The summed E-state index contributed by atoms with van der Waals surface area (Å²) in [7, 11) is 1.60. The van der Waals surface area contributed by atoms with E-state index in [-0.39, 0.29) is 19.3 Å². The molecule has 3 rings (SSSR count). The number of rotatable bonds is 9. The van der Waals surface area contributed by atoms with Crippen molar-refractivity contribution in [3.05, 3.63) is 53.6 Å². The molecule has 0 spiro atoms. The van der Waals surface area contributed by atoms with Crippen LogP contribution in [0.2, 0.25) is 0 Å². The van der Waals surface area contributed by atoms with E-state index < -0.39 is 0 Å². The number of ether oxygens (including phenoxy) is 3. The minimum absolute atomic E-state index is 0.0390. The standard InChI is InChI=1S/C22H29N3O4/c1-3-23-22(25-15-18-13-17-6-4-5-7-19(17)29-18)24-14-16-8-9-20(28-11-10-26)21(12-16)27-2/h4-9,12,18,26H,3,10-11,13-15H2,1-2H3,(H2,23,24,25). The molecular weight excluding hydrogens is 370 g/mol. The lowest BCUT2D eigenvalue weighted by molar-refractivity contribution is 0.196. The van der Waals surface area contributed by atoms with Crippen LogP contribution in [0.15, 0.2) is 47.5 Å². The molecule has 0 fully saturated rings. The molecule has 1 aliphatic heterocycles. The Balaban J connectivity index is 1.58. The zero-order valence-corrected chi connectivity index (χ0v) is 17.0. The van der Waals surface area contributed by atoms with Gasteiger partial charge in [-0.1, -0.05) is 24.3 Å². The number of aliphatic hydroxyl groups is 1. The predicted molar refractivity (Wildman–Crippen MR) is 113 cm³/mol. The van der Waals surface area contributed by atoms with Gasteiger partial charge >= 0.3 is 0 Å². The summed E-state index contributed by atoms with van der Waals surface area (Å²) in [5, 5.41) is 15.5. The monoisotopic (exact) mass is 399 g/mol. The summed E-state index contributed by atoms with van der Waals surface area (Å²) in [6.07, 6.45) is 0.994. The topological polar surface area (TPSA) is 84.3 Å². The molecule has 156 valence electrons. The average molecular weight is 399 g/mol. The van der Waals surface area contributed by atoms with Gasteiger partial charge in [0.2, 0.25) is 0 Å². The molecule has 7 nitrogen and oxygen atoms in total. The first kappa shape index (κ1) is 20.8. The summed E-state index contributed by atoms with van der Waals surface area (Å²) >= 11 is 0. The minimum atomic E-state index is -0.0390. The van der Waals surface area contributed by atoms with Gasteiger partial charge in [0.05, 0.1) is 26.8 Å². The molecule has 0 saturated carbocycles. The highest BCUT2D eigenvalue weighted by Crippen LogP contribution is 2.29. The van der Waals surface area contributed by atoms with Gasteiger partial charge in [-0.3, -0.25) is 0 Å². The number of methoxy groups -OCH3 is 1. The van der Waals surface area contributed by atoms with Gasteiger partial charge in [-0.15, -0.1) is 0 Å². The Labute approximate surface area is 171 Å². The largest absolute Gasteiger partial charge is 0.493 e. The number of nitrogens with one attached hydrogen (secondary N) is 2. The van der Waals surface area contributed by atoms with Gasteiger partial charge in [0.25, 0.3) is 0 Å². The van der Waals surface area contributed by atoms with E-state index in [9.17, 15) is 0 Å². The van der Waals surface area contributed by atoms with Crippen molar-refractivity contribution in [3.8, 4) is 17.2 Å². The molecular formula is C22H29N3O4. The van der Waals surface area contributed by atoms with Crippen molar-refractivity contribution in [2.45, 2.75) is 26.0 Å². The van der Waals surface area contributed by atoms with Crippen LogP contribution in [0.5, 0.6) is 17.2 Å². The van der Waals surface area contributed by atoms with Gasteiger partial charge in [0, 0.05) is 13.0 Å². The van der Waals surface area contributed by atoms with Gasteiger partial charge in [-0.2, -0.15) is 0 Å². The predicted octanol–water partition coefficient (Wildman–Crippen LogP) is 2.13. The van der Waals surface area contributed by atoms with Crippen molar-refractivity contribution >= 4 is 5.96 Å². The molecule has 0 radical (unpaired) electrons. The Bertz CT molecular complexity index is 800. The highest BCUT2D eigenvalue weighted by molar-refractivity contribution is 5.79. The van der Waals surface area contributed by atoms with E-state index in [1.165, 1.54) is 5.56 Å². The van der Waals surface area contributed by atoms with Crippen LogP contribution < -0.4 is 24.8 Å². The molecule has 29 heavy (non-hydrogen) atoms. The number of para-hydroxylation sites is 1. The number of nitrogens with zero attached hydrogens (tertiary/aromatic N) is 1. The fraction of sp³-hybridized carbons (Fsp3) is 0.409. The second-order valence-corrected chi connectivity index (χ2v) is 6.69. The molecule has 0 saturated heterocycles. The van der Waals surface area contributed by atoms with Gasteiger partial charge in [-0.25, -0.2) is 4.99 Å². The Kier molecular flexibility index (Phi) is 7.58. The molecule has 0 bridgehead atoms. The summed E-state index contributed by atoms with van der Waals surface area (Å²) in [5.74, 6) is 2.95. The smallest absolute Gasteiger partial charge is 0.191 e. The zero-order valence-electron chi connectivity index (χ0n) is 17.0. The molecule has 1 heterocycles. The maximum Gasteiger partial charge on any atom is 0.191 e. The van der Waals surface area contributed by atoms with Crippen LogP contribution in [0, 0.1) is 0 Å². The van der Waals surface area contributed by atoms with Crippen molar-refractivity contribution in [2.75, 3.05) is 33.4 Å². The number of hydrogen-bond acceptors (Lipinski definition) is 5. The normalized spacial score (nSPS) is 15.4. The number of aliphatic imine (C=N–C) groups is 1. The lowest BCUT2D eigenvalue weighted by Gasteiger charge is -2.15. The summed E-state index contributed by atoms with van der Waals surface area (Å²) in [6.45, 7) is 4.18. The second-order valence-electron chi connectivity index (χ2n) is 6.69. The quantitative estimate of drug-likeness (QED) is 0.443. The van der Waals surface area contributed by atoms with E-state index in [0.29, 0.717) is 24.6 Å². The Morgan fingerprint density at radius 1 is 1.21 bits per heavy atom. The SMILES string of the molecule is CCNC(=NCc1ccc(OCCO)c(OC)c1)NCC1Cc2ccccc2O1. The second kappa shape index (κ2) is 10.6. The first-order valence-electron chi connectivity index (χ1n) is 9.90. The van der Waals surface area contributed by atoms with Crippen molar-refractivity contribution in [1.29, 1.82) is 0 Å². The number of fused-ring (bicyclic) bond motifs is 1. The third-order valence-electron chi connectivity index (χ3n) is 4.55. The number of guanidine groups is 1. The lowest BCUT2D eigenvalue weighted by Crippen LogP contribution is -2.42. The fourth-order valence-corrected chi connectivity index (χ4v) is 3.18. The number of hydrogen-bond donors (Lipinski definition) is 3. The fourth-order valence-electron chi connectivity index (χ4n) is 3.18. The van der Waals surface area contributed by atoms with Crippen molar-refractivity contribution in [3.63, 3.8) is 0 Å². The molecule has 0 amide bonds. The van der Waals surface area contributed by atoms with E-state index in [1.54, 1.807) is 7.11 Å². The average Bonchev–Trinajstić information content (AvgIpc) is 3.17. The highest BCUT2D eigenvalue weighted by atomic mass is 16.5. The Morgan fingerprint density at radius 3 is 2.83 bits per heavy atom. The molecule has 2 aromatic carbocycles. The third kappa shape index (κ3) is 5.77. The van der Waals surface area contributed by atoms with Gasteiger partial charge in [-0.05, 0) is 36.2 Å². The lowest BCUT2D eigenvalue weighted by atomic mass is 10.1. The van der Waals surface area contributed by atoms with Gasteiger partial charge < -0.3 is 30.0 Å². The molecule has 1 aliphatic rings.